The van der Waals surface area contributed by atoms with Crippen molar-refractivity contribution in [1.29, 1.82) is 0 Å². The fraction of sp³-hybridized carbons (Fsp3) is 0.167. The van der Waals surface area contributed by atoms with Crippen molar-refractivity contribution in [2.75, 3.05) is 6.61 Å². The van der Waals surface area contributed by atoms with Crippen LogP contribution in [0.1, 0.15) is 24.4 Å². The molecular weight excluding hydrogens is 417 g/mol. The Labute approximate surface area is 184 Å². The van der Waals surface area contributed by atoms with E-state index in [2.05, 4.69) is 10.3 Å². The van der Waals surface area contributed by atoms with Crippen molar-refractivity contribution < 1.29 is 13.9 Å². The number of hydrogen-bond donors (Lipinski definition) is 1. The van der Waals surface area contributed by atoms with E-state index in [0.717, 1.165) is 11.0 Å². The molecule has 1 aromatic heterocycles. The largest absolute Gasteiger partial charge is 0.484 e. The molecule has 1 atom stereocenters. The molecule has 0 bridgehead atoms. The van der Waals surface area contributed by atoms with Gasteiger partial charge in [0.15, 0.2) is 6.61 Å². The third kappa shape index (κ3) is 4.70. The maximum Gasteiger partial charge on any atom is 0.258 e. The molecule has 3 aromatic carbocycles. The van der Waals surface area contributed by atoms with Crippen LogP contribution in [0.4, 0.5) is 4.39 Å². The predicted molar refractivity (Wildman–Crippen MR) is 119 cm³/mol. The molecule has 7 heteroatoms. The minimum absolute atomic E-state index is 0.117. The monoisotopic (exact) mass is 437 g/mol. The van der Waals surface area contributed by atoms with E-state index >= 15 is 0 Å². The summed E-state index contributed by atoms with van der Waals surface area (Å²) < 4.78 is 21.8. The molecule has 1 amide bonds. The number of para-hydroxylation sites is 3. The summed E-state index contributed by atoms with van der Waals surface area (Å²) in [6.45, 7) is 1.91. The number of carbonyl (C=O) groups is 1. The Hall–Kier alpha value is -3.38. The number of halogens is 2. The maximum atomic E-state index is 14.4. The van der Waals surface area contributed by atoms with Crippen LogP contribution in [-0.4, -0.2) is 22.1 Å². The summed E-state index contributed by atoms with van der Waals surface area (Å²) in [5, 5.41) is 3.25. The van der Waals surface area contributed by atoms with Gasteiger partial charge in [-0.05, 0) is 43.3 Å². The van der Waals surface area contributed by atoms with Gasteiger partial charge in [0.1, 0.15) is 17.4 Å². The van der Waals surface area contributed by atoms with E-state index in [4.69, 9.17) is 16.3 Å². The average molecular weight is 438 g/mol. The van der Waals surface area contributed by atoms with Gasteiger partial charge < -0.3 is 14.6 Å². The van der Waals surface area contributed by atoms with Crippen LogP contribution in [0, 0.1) is 5.82 Å². The highest BCUT2D eigenvalue weighted by molar-refractivity contribution is 6.31. The molecule has 1 unspecified atom stereocenters. The number of amides is 1. The molecule has 0 radical (unpaired) electrons. The van der Waals surface area contributed by atoms with Crippen LogP contribution in [-0.2, 0) is 11.3 Å². The minimum Gasteiger partial charge on any atom is -0.484 e. The van der Waals surface area contributed by atoms with Crippen LogP contribution in [0.15, 0.2) is 72.8 Å². The van der Waals surface area contributed by atoms with Gasteiger partial charge in [-0.1, -0.05) is 48.0 Å². The molecular formula is C24H21ClFN3O2. The fourth-order valence-electron chi connectivity index (χ4n) is 3.45. The lowest BCUT2D eigenvalue weighted by Gasteiger charge is -2.17. The van der Waals surface area contributed by atoms with Gasteiger partial charge in [0, 0.05) is 10.6 Å². The Morgan fingerprint density at radius 1 is 1.10 bits per heavy atom. The molecule has 31 heavy (non-hydrogen) atoms. The van der Waals surface area contributed by atoms with E-state index in [-0.39, 0.29) is 24.9 Å². The van der Waals surface area contributed by atoms with Gasteiger partial charge in [0.25, 0.3) is 5.91 Å². The lowest BCUT2D eigenvalue weighted by molar-refractivity contribution is -0.123. The SMILES string of the molecule is CC(NC(=O)COc1ccccc1)c1nc2ccccc2n1Cc1c(F)cccc1Cl. The van der Waals surface area contributed by atoms with Crippen molar-refractivity contribution >= 4 is 28.5 Å². The lowest BCUT2D eigenvalue weighted by Crippen LogP contribution is -2.32. The third-order valence-electron chi connectivity index (χ3n) is 4.94. The van der Waals surface area contributed by atoms with Crippen molar-refractivity contribution in [3.8, 4) is 5.75 Å². The number of rotatable bonds is 7. The summed E-state index contributed by atoms with van der Waals surface area (Å²) >= 11 is 6.25. The van der Waals surface area contributed by atoms with Crippen molar-refractivity contribution in [3.63, 3.8) is 0 Å². The van der Waals surface area contributed by atoms with Crippen molar-refractivity contribution in [2.24, 2.45) is 0 Å². The topological polar surface area (TPSA) is 56.1 Å². The molecule has 5 nitrogen and oxygen atoms in total. The Balaban J connectivity index is 1.58. The second-order valence-corrected chi connectivity index (χ2v) is 7.54. The van der Waals surface area contributed by atoms with Gasteiger partial charge in [-0.25, -0.2) is 9.37 Å². The van der Waals surface area contributed by atoms with E-state index in [1.165, 1.54) is 6.07 Å². The summed E-state index contributed by atoms with van der Waals surface area (Å²) in [4.78, 5) is 17.1. The molecule has 0 aliphatic carbocycles. The number of benzene rings is 3. The Morgan fingerprint density at radius 2 is 1.84 bits per heavy atom. The summed E-state index contributed by atoms with van der Waals surface area (Å²) in [6, 6.07) is 20.9. The molecule has 0 spiro atoms. The number of fused-ring (bicyclic) bond motifs is 1. The number of imidazole rings is 1. The number of nitrogens with one attached hydrogen (secondary N) is 1. The third-order valence-corrected chi connectivity index (χ3v) is 5.29. The van der Waals surface area contributed by atoms with Crippen molar-refractivity contribution in [2.45, 2.75) is 19.5 Å². The van der Waals surface area contributed by atoms with Crippen LogP contribution in [0.2, 0.25) is 5.02 Å². The smallest absolute Gasteiger partial charge is 0.258 e. The normalized spacial score (nSPS) is 12.0. The number of ether oxygens (including phenoxy) is 1. The Bertz CT molecular complexity index is 1190. The van der Waals surface area contributed by atoms with Gasteiger partial charge in [0.2, 0.25) is 0 Å². The zero-order valence-electron chi connectivity index (χ0n) is 16.9. The predicted octanol–water partition coefficient (Wildman–Crippen LogP) is 5.13. The first-order chi connectivity index (χ1) is 15.0. The molecule has 4 aromatic rings. The number of carbonyl (C=O) groups excluding carboxylic acids is 1. The molecule has 1 N–H and O–H groups in total. The first-order valence-corrected chi connectivity index (χ1v) is 10.3. The highest BCUT2D eigenvalue weighted by Crippen LogP contribution is 2.26. The van der Waals surface area contributed by atoms with Gasteiger partial charge in [-0.15, -0.1) is 0 Å². The van der Waals surface area contributed by atoms with Crippen LogP contribution in [0.5, 0.6) is 5.75 Å². The van der Waals surface area contributed by atoms with E-state index < -0.39 is 6.04 Å². The van der Waals surface area contributed by atoms with Crippen LogP contribution in [0.25, 0.3) is 11.0 Å². The van der Waals surface area contributed by atoms with E-state index in [1.54, 1.807) is 24.3 Å². The van der Waals surface area contributed by atoms with E-state index in [9.17, 15) is 9.18 Å². The molecule has 0 saturated carbocycles. The first kappa shape index (κ1) is 20.9. The van der Waals surface area contributed by atoms with Gasteiger partial charge >= 0.3 is 0 Å². The minimum atomic E-state index is -0.426. The summed E-state index contributed by atoms with van der Waals surface area (Å²) in [7, 11) is 0. The number of hydrogen-bond acceptors (Lipinski definition) is 3. The summed E-state index contributed by atoms with van der Waals surface area (Å²) in [5.41, 5.74) is 1.96. The van der Waals surface area contributed by atoms with Gasteiger partial charge in [0.05, 0.1) is 23.6 Å². The molecule has 0 aliphatic rings. The standard InChI is InChI=1S/C24H21ClFN3O2/c1-16(27-23(30)15-31-17-8-3-2-4-9-17)24-28-21-12-5-6-13-22(21)29(24)14-18-19(25)10-7-11-20(18)26/h2-13,16H,14-15H2,1H3,(H,27,30). The van der Waals surface area contributed by atoms with Crippen LogP contribution >= 0.6 is 11.6 Å². The lowest BCUT2D eigenvalue weighted by atomic mass is 10.2. The zero-order valence-corrected chi connectivity index (χ0v) is 17.6. The second kappa shape index (κ2) is 9.18. The average Bonchev–Trinajstić information content (AvgIpc) is 3.14. The number of nitrogens with zero attached hydrogens (tertiary/aromatic N) is 2. The quantitative estimate of drug-likeness (QED) is 0.436. The molecule has 4 rings (SSSR count). The summed E-state index contributed by atoms with van der Waals surface area (Å²) in [6.07, 6.45) is 0. The second-order valence-electron chi connectivity index (χ2n) is 7.14. The Kier molecular flexibility index (Phi) is 6.18. The molecule has 0 saturated heterocycles. The van der Waals surface area contributed by atoms with Crippen LogP contribution < -0.4 is 10.1 Å². The van der Waals surface area contributed by atoms with Gasteiger partial charge in [-0.3, -0.25) is 4.79 Å². The number of aromatic nitrogens is 2. The summed E-state index contributed by atoms with van der Waals surface area (Å²) in [5.74, 6) is 0.559. The zero-order chi connectivity index (χ0) is 21.8. The van der Waals surface area contributed by atoms with Crippen LogP contribution in [0.3, 0.4) is 0 Å². The highest BCUT2D eigenvalue weighted by atomic mass is 35.5. The molecule has 1 heterocycles. The fourth-order valence-corrected chi connectivity index (χ4v) is 3.67. The van der Waals surface area contributed by atoms with Crippen molar-refractivity contribution in [1.82, 2.24) is 14.9 Å². The first-order valence-electron chi connectivity index (χ1n) is 9.88. The Morgan fingerprint density at radius 3 is 2.61 bits per heavy atom. The highest BCUT2D eigenvalue weighted by Gasteiger charge is 2.20. The van der Waals surface area contributed by atoms with E-state index in [0.29, 0.717) is 22.2 Å². The van der Waals surface area contributed by atoms with Crippen molar-refractivity contribution in [3.05, 3.63) is 95.0 Å². The molecule has 158 valence electrons. The molecule has 0 aliphatic heterocycles. The maximum absolute atomic E-state index is 14.4. The van der Waals surface area contributed by atoms with Gasteiger partial charge in [-0.2, -0.15) is 0 Å². The molecule has 0 fully saturated rings. The van der Waals surface area contributed by atoms with E-state index in [1.807, 2.05) is 54.0 Å².